The molecule has 0 spiro atoms. The lowest BCUT2D eigenvalue weighted by molar-refractivity contribution is 0.0944. The molecule has 0 unspecified atom stereocenters. The van der Waals surface area contributed by atoms with Crippen LogP contribution < -0.4 is 15.9 Å². The second-order valence-corrected chi connectivity index (χ2v) is 7.08. The summed E-state index contributed by atoms with van der Waals surface area (Å²) in [7, 11) is 1.58. The van der Waals surface area contributed by atoms with Crippen LogP contribution in [0.1, 0.15) is 41.0 Å². The van der Waals surface area contributed by atoms with Crippen LogP contribution in [0.25, 0.3) is 5.82 Å². The summed E-state index contributed by atoms with van der Waals surface area (Å²) in [6, 6.07) is 7.29. The zero-order chi connectivity index (χ0) is 21.6. The molecule has 0 aliphatic carbocycles. The Morgan fingerprint density at radius 3 is 2.90 bits per heavy atom. The molecule has 12 heteroatoms. The third-order valence-corrected chi connectivity index (χ3v) is 4.95. The molecule has 12 nitrogen and oxygen atoms in total. The van der Waals surface area contributed by atoms with E-state index in [2.05, 4.69) is 40.7 Å². The highest BCUT2D eigenvalue weighted by Gasteiger charge is 2.26. The van der Waals surface area contributed by atoms with Gasteiger partial charge in [0, 0.05) is 6.54 Å². The quantitative estimate of drug-likeness (QED) is 0.417. The number of likely N-dealkylation sites (tertiary alicyclic amines) is 1. The van der Waals surface area contributed by atoms with Gasteiger partial charge in [0.2, 0.25) is 11.6 Å². The van der Waals surface area contributed by atoms with E-state index in [0.717, 1.165) is 31.5 Å². The van der Waals surface area contributed by atoms with Gasteiger partial charge in [-0.25, -0.2) is 10.1 Å². The molecule has 0 radical (unpaired) electrons. The van der Waals surface area contributed by atoms with Crippen LogP contribution in [0.15, 0.2) is 34.0 Å². The number of piperidine rings is 1. The third-order valence-electron chi connectivity index (χ3n) is 4.95. The first-order valence-corrected chi connectivity index (χ1v) is 9.88. The van der Waals surface area contributed by atoms with E-state index in [-0.39, 0.29) is 17.3 Å². The molecule has 162 valence electrons. The van der Waals surface area contributed by atoms with Crippen molar-refractivity contribution in [3.8, 4) is 11.6 Å². The van der Waals surface area contributed by atoms with Gasteiger partial charge in [0.25, 0.3) is 5.91 Å². The average Bonchev–Trinajstić information content (AvgIpc) is 3.40. The number of hydrogen-bond acceptors (Lipinski definition) is 10. The zero-order valence-corrected chi connectivity index (χ0v) is 17.1. The summed E-state index contributed by atoms with van der Waals surface area (Å²) in [6.45, 7) is 2.36. The van der Waals surface area contributed by atoms with E-state index in [9.17, 15) is 4.79 Å². The molecule has 1 aliphatic rings. The van der Waals surface area contributed by atoms with E-state index in [1.807, 2.05) is 18.2 Å². The van der Waals surface area contributed by atoms with Gasteiger partial charge in [0.15, 0.2) is 5.69 Å². The molecule has 4 rings (SSSR count). The molecule has 1 aromatic carbocycles. The first kappa shape index (κ1) is 20.5. The summed E-state index contributed by atoms with van der Waals surface area (Å²) in [4.78, 5) is 15.3. The fourth-order valence-electron chi connectivity index (χ4n) is 3.40. The molecule has 0 saturated carbocycles. The number of nitrogens with two attached hydrogens (primary N) is 1. The van der Waals surface area contributed by atoms with Crippen LogP contribution in [0.5, 0.6) is 5.75 Å². The van der Waals surface area contributed by atoms with Gasteiger partial charge in [0.1, 0.15) is 11.4 Å². The fraction of sp³-hybridized carbons (Fsp3) is 0.368. The number of methoxy groups -OCH3 is 1. The number of nitrogens with zero attached hydrogens (tertiary/aromatic N) is 7. The molecule has 1 saturated heterocycles. The lowest BCUT2D eigenvalue weighted by atomic mass is 10.1. The molecule has 0 atom stereocenters. The van der Waals surface area contributed by atoms with E-state index in [1.54, 1.807) is 13.2 Å². The molecule has 31 heavy (non-hydrogen) atoms. The maximum atomic E-state index is 13.0. The topological polar surface area (TPSA) is 150 Å². The lowest BCUT2D eigenvalue weighted by Crippen LogP contribution is -2.31. The number of hydrogen-bond donors (Lipinski definition) is 2. The smallest absolute Gasteiger partial charge is 0.292 e. The summed E-state index contributed by atoms with van der Waals surface area (Å²) in [5.41, 5.74) is 9.76. The van der Waals surface area contributed by atoms with Crippen LogP contribution in [-0.2, 0) is 6.54 Å². The minimum absolute atomic E-state index is 0.00311. The van der Waals surface area contributed by atoms with Crippen LogP contribution in [-0.4, -0.2) is 62.5 Å². The normalized spacial score (nSPS) is 14.7. The Bertz CT molecular complexity index is 1070. The van der Waals surface area contributed by atoms with Crippen molar-refractivity contribution in [1.82, 2.24) is 35.6 Å². The van der Waals surface area contributed by atoms with Crippen molar-refractivity contribution < 1.29 is 14.2 Å². The molecule has 1 amide bonds. The van der Waals surface area contributed by atoms with Gasteiger partial charge in [-0.2, -0.15) is 9.78 Å². The van der Waals surface area contributed by atoms with E-state index in [4.69, 9.17) is 10.5 Å². The third kappa shape index (κ3) is 4.69. The second-order valence-electron chi connectivity index (χ2n) is 7.08. The highest BCUT2D eigenvalue weighted by Crippen LogP contribution is 2.19. The maximum Gasteiger partial charge on any atom is 0.292 e. The van der Waals surface area contributed by atoms with Crippen LogP contribution >= 0.6 is 0 Å². The van der Waals surface area contributed by atoms with Crippen molar-refractivity contribution in [3.63, 3.8) is 0 Å². The number of nitrogens with one attached hydrogen (secondary N) is 1. The van der Waals surface area contributed by atoms with Gasteiger partial charge in [-0.15, -0.1) is 5.10 Å². The number of aromatic nitrogens is 5. The van der Waals surface area contributed by atoms with E-state index < -0.39 is 5.91 Å². The lowest BCUT2D eigenvalue weighted by Gasteiger charge is -2.25. The van der Waals surface area contributed by atoms with Crippen molar-refractivity contribution in [2.45, 2.75) is 25.8 Å². The fourth-order valence-corrected chi connectivity index (χ4v) is 3.40. The largest absolute Gasteiger partial charge is 0.497 e. The molecule has 2 aromatic heterocycles. The number of ether oxygens (including phenoxy) is 1. The van der Waals surface area contributed by atoms with Crippen molar-refractivity contribution in [2.24, 2.45) is 5.10 Å². The van der Waals surface area contributed by atoms with Gasteiger partial charge in [-0.1, -0.05) is 23.8 Å². The summed E-state index contributed by atoms with van der Waals surface area (Å²) in [5.74, 6) is 0.289. The SMILES string of the molecule is COc1cccc(/C=N/NC(=O)c2c(CN3CCCCC3)nnn2-c2nonc2N)c1. The van der Waals surface area contributed by atoms with E-state index >= 15 is 0 Å². The number of hydrazone groups is 1. The zero-order valence-electron chi connectivity index (χ0n) is 17.1. The van der Waals surface area contributed by atoms with Crippen LogP contribution in [0.3, 0.4) is 0 Å². The monoisotopic (exact) mass is 425 g/mol. The first-order chi connectivity index (χ1) is 15.2. The maximum absolute atomic E-state index is 13.0. The van der Waals surface area contributed by atoms with Crippen LogP contribution in [0, 0.1) is 0 Å². The summed E-state index contributed by atoms with van der Waals surface area (Å²) in [6.07, 6.45) is 4.95. The predicted molar refractivity (Wildman–Crippen MR) is 111 cm³/mol. The van der Waals surface area contributed by atoms with E-state index in [1.165, 1.54) is 17.3 Å². The van der Waals surface area contributed by atoms with Gasteiger partial charge < -0.3 is 10.5 Å². The standard InChI is InChI=1S/C19H23N9O3/c1-30-14-7-5-6-13(10-14)11-21-23-19(29)16-15(12-27-8-3-2-4-9-27)22-26-28(16)18-17(20)24-31-25-18/h5-7,10-11H,2-4,8-9,12H2,1H3,(H2,20,24)(H,23,29)/b21-11+. The van der Waals surface area contributed by atoms with Crippen LogP contribution in [0.4, 0.5) is 5.82 Å². The van der Waals surface area contributed by atoms with Gasteiger partial charge in [-0.05, 0) is 53.9 Å². The molecule has 3 heterocycles. The molecule has 0 bridgehead atoms. The number of carbonyl (C=O) groups is 1. The van der Waals surface area contributed by atoms with Gasteiger partial charge in [0.05, 0.1) is 13.3 Å². The molecular formula is C19H23N9O3. The van der Waals surface area contributed by atoms with Gasteiger partial charge >= 0.3 is 0 Å². The first-order valence-electron chi connectivity index (χ1n) is 9.88. The molecule has 1 aliphatic heterocycles. The summed E-state index contributed by atoms with van der Waals surface area (Å²) in [5, 5.41) is 19.6. The summed E-state index contributed by atoms with van der Waals surface area (Å²) < 4.78 is 11.1. The Balaban J connectivity index is 1.57. The Morgan fingerprint density at radius 2 is 2.16 bits per heavy atom. The number of carbonyl (C=O) groups excluding carboxylic acids is 1. The Kier molecular flexibility index (Phi) is 6.17. The Hall–Kier alpha value is -3.80. The minimum atomic E-state index is -0.501. The predicted octanol–water partition coefficient (Wildman–Crippen LogP) is 0.991. The molecule has 3 aromatic rings. The second kappa shape index (κ2) is 9.34. The number of anilines is 1. The van der Waals surface area contributed by atoms with Crippen molar-refractivity contribution in [1.29, 1.82) is 0 Å². The number of rotatable bonds is 7. The highest BCUT2D eigenvalue weighted by molar-refractivity contribution is 5.95. The molecule has 3 N–H and O–H groups in total. The number of nitrogen functional groups attached to an aromatic ring is 1. The van der Waals surface area contributed by atoms with Crippen molar-refractivity contribution >= 4 is 17.9 Å². The highest BCUT2D eigenvalue weighted by atomic mass is 16.6. The summed E-state index contributed by atoms with van der Waals surface area (Å²) >= 11 is 0. The minimum Gasteiger partial charge on any atom is -0.497 e. The molecule has 1 fully saturated rings. The van der Waals surface area contributed by atoms with Crippen molar-refractivity contribution in [3.05, 3.63) is 41.2 Å². The van der Waals surface area contributed by atoms with Crippen LogP contribution in [0.2, 0.25) is 0 Å². The molecular weight excluding hydrogens is 402 g/mol. The van der Waals surface area contributed by atoms with Gasteiger partial charge in [-0.3, -0.25) is 9.69 Å². The average molecular weight is 425 g/mol. The number of amides is 1. The number of benzene rings is 1. The Morgan fingerprint density at radius 1 is 1.32 bits per heavy atom. The van der Waals surface area contributed by atoms with Crippen molar-refractivity contribution in [2.75, 3.05) is 25.9 Å². The Labute approximate surface area is 178 Å². The van der Waals surface area contributed by atoms with E-state index in [0.29, 0.717) is 18.0 Å².